The molecular weight excluding hydrogens is 572 g/mol. The average Bonchev–Trinajstić information content (AvgIpc) is 3.44. The normalized spacial score (nSPS) is 16.4. The average molecular weight is 615 g/mol. The Labute approximate surface area is 265 Å². The fourth-order valence-electron chi connectivity index (χ4n) is 3.97. The number of esters is 1. The third kappa shape index (κ3) is 14.4. The molecule has 0 bridgehead atoms. The van der Waals surface area contributed by atoms with E-state index in [1.54, 1.807) is 36.4 Å². The molecule has 0 saturated carbocycles. The van der Waals surface area contributed by atoms with Gasteiger partial charge in [-0.15, -0.1) is 0 Å². The molecule has 9 heteroatoms. The predicted octanol–water partition coefficient (Wildman–Crippen LogP) is 6.79. The lowest BCUT2D eigenvalue weighted by Crippen LogP contribution is -2.21. The van der Waals surface area contributed by atoms with Gasteiger partial charge in [0.05, 0.1) is 35.5 Å². The quantitative estimate of drug-likeness (QED) is 0.121. The van der Waals surface area contributed by atoms with Crippen molar-refractivity contribution in [1.29, 1.82) is 10.5 Å². The van der Waals surface area contributed by atoms with Crippen LogP contribution in [-0.2, 0) is 20.8 Å². The highest BCUT2D eigenvalue weighted by molar-refractivity contribution is 5.89. The number of carbonyl (C=O) groups excluding carboxylic acids is 1. The Bertz CT molecular complexity index is 1410. The largest absolute Gasteiger partial charge is 0.485 e. The van der Waals surface area contributed by atoms with Crippen molar-refractivity contribution >= 4 is 11.9 Å². The van der Waals surface area contributed by atoms with E-state index >= 15 is 0 Å². The van der Waals surface area contributed by atoms with Crippen LogP contribution >= 0.6 is 0 Å². The number of aliphatic hydroxyl groups excluding tert-OH is 1. The summed E-state index contributed by atoms with van der Waals surface area (Å²) >= 11 is 0. The minimum atomic E-state index is -0.875. The summed E-state index contributed by atoms with van der Waals surface area (Å²) in [5.41, 5.74) is 4.27. The van der Waals surface area contributed by atoms with Gasteiger partial charge in [0.1, 0.15) is 25.0 Å². The van der Waals surface area contributed by atoms with Crippen LogP contribution in [0.25, 0.3) is 0 Å². The third-order valence-electron chi connectivity index (χ3n) is 6.30. The fourth-order valence-corrected chi connectivity index (χ4v) is 3.97. The minimum Gasteiger partial charge on any atom is -0.485 e. The van der Waals surface area contributed by atoms with Gasteiger partial charge < -0.3 is 24.4 Å². The second-order valence-electron chi connectivity index (χ2n) is 9.83. The summed E-state index contributed by atoms with van der Waals surface area (Å²) < 4.78 is 16.1. The Morgan fingerprint density at radius 1 is 0.933 bits per heavy atom. The van der Waals surface area contributed by atoms with E-state index in [0.29, 0.717) is 23.1 Å². The molecule has 1 aliphatic heterocycles. The molecule has 3 aromatic carbocycles. The van der Waals surface area contributed by atoms with Crippen molar-refractivity contribution in [3.8, 4) is 12.1 Å². The molecule has 2 N–H and O–H groups in total. The standard InChI is InChI=1S/C19H20N2O4.C8H8O2.C7H8O.C2H6/c1-13-3-5-15(6-4-13)19(22)24-12-17-9-14(2)18(25-17)16(10-21)11-23-8-7-20;1-6-2-4-7(5-3-6)8(9)10;8-6-7-4-2-1-3-5-7;1-2/h3-6,11,14,17-18H,8-9,12H2,1-2H3;2-5H,1H3,(H,9,10);1-5,8H,6H2;1-2H3/b16-11+;;;/t14?,17-,18+;;;/m0.../s1. The summed E-state index contributed by atoms with van der Waals surface area (Å²) in [6.07, 6.45) is 1.24. The zero-order valence-corrected chi connectivity index (χ0v) is 26.5. The maximum Gasteiger partial charge on any atom is 0.338 e. The first-order valence-corrected chi connectivity index (χ1v) is 14.6. The van der Waals surface area contributed by atoms with Crippen LogP contribution in [0.3, 0.4) is 0 Å². The number of hydrogen-bond acceptors (Lipinski definition) is 8. The highest BCUT2D eigenvalue weighted by Crippen LogP contribution is 2.31. The van der Waals surface area contributed by atoms with E-state index in [2.05, 4.69) is 0 Å². The van der Waals surface area contributed by atoms with Gasteiger partial charge >= 0.3 is 11.9 Å². The maximum absolute atomic E-state index is 12.0. The van der Waals surface area contributed by atoms with Crippen molar-refractivity contribution in [3.63, 3.8) is 0 Å². The van der Waals surface area contributed by atoms with Crippen LogP contribution in [0.15, 0.2) is 90.7 Å². The molecular formula is C36H42N2O7. The second-order valence-corrected chi connectivity index (χ2v) is 9.83. The van der Waals surface area contributed by atoms with E-state index in [4.69, 9.17) is 29.7 Å². The van der Waals surface area contributed by atoms with Crippen molar-refractivity contribution in [2.75, 3.05) is 13.2 Å². The molecule has 1 fully saturated rings. The van der Waals surface area contributed by atoms with Gasteiger partial charge in [-0.1, -0.05) is 86.5 Å². The van der Waals surface area contributed by atoms with Crippen molar-refractivity contribution < 1.29 is 34.0 Å². The summed E-state index contributed by atoms with van der Waals surface area (Å²) in [6, 6.07) is 27.3. The van der Waals surface area contributed by atoms with Crippen molar-refractivity contribution in [3.05, 3.63) is 119 Å². The van der Waals surface area contributed by atoms with E-state index in [0.717, 1.165) is 16.7 Å². The smallest absolute Gasteiger partial charge is 0.338 e. The lowest BCUT2D eigenvalue weighted by atomic mass is 9.97. The maximum atomic E-state index is 12.0. The Balaban J connectivity index is 0.000000411. The number of nitrogens with zero attached hydrogens (tertiary/aromatic N) is 2. The molecule has 0 radical (unpaired) electrons. The third-order valence-corrected chi connectivity index (χ3v) is 6.30. The molecule has 4 rings (SSSR count). The number of aryl methyl sites for hydroxylation is 2. The number of carboxylic acid groups (broad SMARTS) is 1. The number of nitriles is 2. The van der Waals surface area contributed by atoms with Crippen LogP contribution < -0.4 is 0 Å². The molecule has 3 atom stereocenters. The Morgan fingerprint density at radius 3 is 1.96 bits per heavy atom. The molecule has 1 unspecified atom stereocenters. The molecule has 45 heavy (non-hydrogen) atoms. The number of ether oxygens (including phenoxy) is 3. The fraction of sp³-hybridized carbons (Fsp3) is 0.333. The van der Waals surface area contributed by atoms with Gasteiger partial charge in [-0.25, -0.2) is 9.59 Å². The van der Waals surface area contributed by atoms with Crippen LogP contribution in [0.1, 0.15) is 64.6 Å². The van der Waals surface area contributed by atoms with Crippen LogP contribution in [0.2, 0.25) is 0 Å². The zero-order valence-electron chi connectivity index (χ0n) is 26.5. The van der Waals surface area contributed by atoms with Crippen molar-refractivity contribution in [1.82, 2.24) is 0 Å². The van der Waals surface area contributed by atoms with E-state index < -0.39 is 18.0 Å². The number of rotatable bonds is 8. The van der Waals surface area contributed by atoms with Crippen LogP contribution in [0, 0.1) is 42.4 Å². The van der Waals surface area contributed by atoms with Gasteiger partial charge in [0.15, 0.2) is 6.61 Å². The molecule has 0 spiro atoms. The van der Waals surface area contributed by atoms with E-state index in [1.807, 2.05) is 89.2 Å². The van der Waals surface area contributed by atoms with Gasteiger partial charge in [0.25, 0.3) is 0 Å². The van der Waals surface area contributed by atoms with Crippen molar-refractivity contribution in [2.24, 2.45) is 5.92 Å². The van der Waals surface area contributed by atoms with E-state index in [9.17, 15) is 14.9 Å². The van der Waals surface area contributed by atoms with Gasteiger partial charge in [-0.05, 0) is 56.0 Å². The zero-order chi connectivity index (χ0) is 33.6. The molecule has 9 nitrogen and oxygen atoms in total. The summed E-state index contributed by atoms with van der Waals surface area (Å²) in [6.45, 7) is 9.98. The molecule has 0 amide bonds. The Morgan fingerprint density at radius 2 is 1.49 bits per heavy atom. The molecule has 0 aromatic heterocycles. The topological polar surface area (TPSA) is 150 Å². The van der Waals surface area contributed by atoms with Gasteiger partial charge in [-0.2, -0.15) is 10.5 Å². The predicted molar refractivity (Wildman–Crippen MR) is 171 cm³/mol. The molecule has 1 heterocycles. The number of benzene rings is 3. The number of carbonyl (C=O) groups is 2. The summed E-state index contributed by atoms with van der Waals surface area (Å²) in [4.78, 5) is 22.4. The highest BCUT2D eigenvalue weighted by atomic mass is 16.6. The number of carboxylic acids is 1. The highest BCUT2D eigenvalue weighted by Gasteiger charge is 2.35. The number of aromatic carboxylic acids is 1. The number of hydrogen-bond donors (Lipinski definition) is 2. The van der Waals surface area contributed by atoms with Crippen molar-refractivity contribution in [2.45, 2.75) is 59.9 Å². The van der Waals surface area contributed by atoms with E-state index in [1.165, 1.54) is 6.26 Å². The Kier molecular flexibility index (Phi) is 18.3. The summed E-state index contributed by atoms with van der Waals surface area (Å²) in [5, 5.41) is 34.7. The summed E-state index contributed by atoms with van der Waals surface area (Å²) in [5.74, 6) is -1.19. The Hall–Kier alpha value is -4.96. The molecule has 0 aliphatic carbocycles. The first kappa shape index (κ1) is 38.1. The first-order valence-electron chi connectivity index (χ1n) is 14.6. The minimum absolute atomic E-state index is 0.0830. The molecule has 3 aromatic rings. The summed E-state index contributed by atoms with van der Waals surface area (Å²) in [7, 11) is 0. The molecule has 1 aliphatic rings. The van der Waals surface area contributed by atoms with E-state index in [-0.39, 0.29) is 31.8 Å². The van der Waals surface area contributed by atoms with Crippen LogP contribution in [-0.4, -0.2) is 47.6 Å². The first-order chi connectivity index (χ1) is 21.7. The monoisotopic (exact) mass is 614 g/mol. The van der Waals surface area contributed by atoms with Gasteiger partial charge in [0, 0.05) is 0 Å². The lowest BCUT2D eigenvalue weighted by Gasteiger charge is -2.14. The second kappa shape index (κ2) is 21.7. The lowest BCUT2D eigenvalue weighted by molar-refractivity contribution is -0.000335. The van der Waals surface area contributed by atoms with Crippen LogP contribution in [0.4, 0.5) is 0 Å². The molecule has 238 valence electrons. The SMILES string of the molecule is CC.Cc1ccc(C(=O)O)cc1.Cc1ccc(C(=O)OC[C@@H]2CC(C)[C@H](/C(C#N)=C/OCC#N)O2)cc1.OCc1ccccc1. The van der Waals surface area contributed by atoms with Gasteiger partial charge in [0.2, 0.25) is 0 Å². The van der Waals surface area contributed by atoms with Gasteiger partial charge in [-0.3, -0.25) is 0 Å². The van der Waals surface area contributed by atoms with Crippen LogP contribution in [0.5, 0.6) is 0 Å². The number of aliphatic hydroxyl groups is 1. The molecule has 1 saturated heterocycles.